The number of hydrogen-bond acceptors (Lipinski definition) is 3. The van der Waals surface area contributed by atoms with Crippen molar-refractivity contribution in [2.24, 2.45) is 11.8 Å². The minimum atomic E-state index is -0.115. The Kier molecular flexibility index (Phi) is 2.30. The van der Waals surface area contributed by atoms with Crippen molar-refractivity contribution in [2.45, 2.75) is 18.9 Å². The predicted octanol–water partition coefficient (Wildman–Crippen LogP) is 0.358. The van der Waals surface area contributed by atoms with Gasteiger partial charge in [0.1, 0.15) is 0 Å². The molecule has 98 valence electrons. The van der Waals surface area contributed by atoms with E-state index < -0.39 is 0 Å². The van der Waals surface area contributed by atoms with E-state index in [2.05, 4.69) is 34.5 Å². The molecule has 0 bridgehead atoms. The number of rotatable bonds is 1. The highest BCUT2D eigenvalue weighted by atomic mass is 16.2. The molecule has 4 heteroatoms. The van der Waals surface area contributed by atoms with Gasteiger partial charge in [-0.25, -0.2) is 0 Å². The number of benzene rings is 1. The number of fused-ring (bicyclic) bond motifs is 2. The van der Waals surface area contributed by atoms with Gasteiger partial charge >= 0.3 is 0 Å². The van der Waals surface area contributed by atoms with Crippen LogP contribution in [0.15, 0.2) is 24.3 Å². The number of hydrogen-bond donors (Lipinski definition) is 1. The van der Waals surface area contributed by atoms with Crippen molar-refractivity contribution >= 4 is 11.8 Å². The first kappa shape index (κ1) is 11.2. The molecular weight excluding hydrogens is 240 g/mol. The van der Waals surface area contributed by atoms with E-state index >= 15 is 0 Å². The molecule has 1 aromatic rings. The Balaban J connectivity index is 1.52. The van der Waals surface area contributed by atoms with Crippen molar-refractivity contribution in [3.63, 3.8) is 0 Å². The summed E-state index contributed by atoms with van der Waals surface area (Å²) in [5, 5.41) is 2.44. The summed E-state index contributed by atoms with van der Waals surface area (Å²) >= 11 is 0. The summed E-state index contributed by atoms with van der Waals surface area (Å²) in [5.41, 5.74) is 2.83. The fourth-order valence-corrected chi connectivity index (χ4v) is 3.76. The fraction of sp³-hybridized carbons (Fsp3) is 0.467. The molecule has 4 rings (SSSR count). The summed E-state index contributed by atoms with van der Waals surface area (Å²) in [5.74, 6) is -0.381. The Bertz CT molecular complexity index is 522. The van der Waals surface area contributed by atoms with E-state index in [-0.39, 0.29) is 23.7 Å². The van der Waals surface area contributed by atoms with Crippen molar-refractivity contribution in [1.29, 1.82) is 0 Å². The van der Waals surface area contributed by atoms with E-state index in [1.807, 2.05) is 0 Å². The first-order chi connectivity index (χ1) is 9.22. The van der Waals surface area contributed by atoms with Crippen LogP contribution in [0.4, 0.5) is 0 Å². The maximum Gasteiger partial charge on any atom is 0.231 e. The molecule has 1 aliphatic carbocycles. The zero-order valence-corrected chi connectivity index (χ0v) is 10.6. The topological polar surface area (TPSA) is 49.4 Å². The minimum absolute atomic E-state index is 0.0759. The minimum Gasteiger partial charge on any atom is -0.298 e. The average Bonchev–Trinajstić information content (AvgIpc) is 3.06. The monoisotopic (exact) mass is 256 g/mol. The zero-order chi connectivity index (χ0) is 13.0. The van der Waals surface area contributed by atoms with Crippen LogP contribution in [0.25, 0.3) is 0 Å². The number of likely N-dealkylation sites (tertiary alicyclic amines) is 1. The van der Waals surface area contributed by atoms with Gasteiger partial charge in [-0.2, -0.15) is 0 Å². The van der Waals surface area contributed by atoms with E-state index in [0.29, 0.717) is 6.04 Å². The Morgan fingerprint density at radius 2 is 1.47 bits per heavy atom. The highest BCUT2D eigenvalue weighted by molar-refractivity contribution is 6.05. The predicted molar refractivity (Wildman–Crippen MR) is 69.3 cm³/mol. The first-order valence-electron chi connectivity index (χ1n) is 6.88. The summed E-state index contributed by atoms with van der Waals surface area (Å²) in [7, 11) is 0. The van der Waals surface area contributed by atoms with Crippen LogP contribution in [0.5, 0.6) is 0 Å². The number of nitrogens with zero attached hydrogens (tertiary/aromatic N) is 1. The number of nitrogens with one attached hydrogen (secondary N) is 1. The maximum absolute atomic E-state index is 11.7. The molecule has 19 heavy (non-hydrogen) atoms. The summed E-state index contributed by atoms with van der Waals surface area (Å²) in [6.07, 6.45) is 2.09. The molecule has 0 aromatic heterocycles. The second-order valence-corrected chi connectivity index (χ2v) is 5.85. The third-order valence-electron chi connectivity index (χ3n) is 4.81. The maximum atomic E-state index is 11.7. The average molecular weight is 256 g/mol. The second kappa shape index (κ2) is 3.90. The molecular formula is C15H16N2O2. The highest BCUT2D eigenvalue weighted by Gasteiger charge is 2.49. The second-order valence-electron chi connectivity index (χ2n) is 5.85. The van der Waals surface area contributed by atoms with Gasteiger partial charge in [0.15, 0.2) is 0 Å². The zero-order valence-electron chi connectivity index (χ0n) is 10.6. The lowest BCUT2D eigenvalue weighted by molar-refractivity contribution is -0.126. The molecule has 2 amide bonds. The molecule has 3 aliphatic rings. The van der Waals surface area contributed by atoms with Crippen molar-refractivity contribution in [3.8, 4) is 0 Å². The van der Waals surface area contributed by atoms with Crippen molar-refractivity contribution in [3.05, 3.63) is 35.4 Å². The molecule has 4 nitrogen and oxygen atoms in total. The molecule has 0 saturated carbocycles. The summed E-state index contributed by atoms with van der Waals surface area (Å²) < 4.78 is 0. The standard InChI is InChI=1S/C15H16N2O2/c18-14-12-7-17(8-13(12)15(19)16-14)11-5-9-3-1-2-4-10(9)6-11/h1-4,11-13H,5-8H2,(H,16,18,19)/t12-,13+. The Labute approximate surface area is 111 Å². The third-order valence-corrected chi connectivity index (χ3v) is 4.81. The molecule has 1 aromatic carbocycles. The van der Waals surface area contributed by atoms with Gasteiger partial charge in [-0.3, -0.25) is 19.8 Å². The molecule has 2 aliphatic heterocycles. The lowest BCUT2D eigenvalue weighted by atomic mass is 10.00. The molecule has 0 spiro atoms. The number of carbonyl (C=O) groups is 2. The van der Waals surface area contributed by atoms with Crippen LogP contribution in [0, 0.1) is 11.8 Å². The number of imide groups is 1. The molecule has 2 fully saturated rings. The van der Waals surface area contributed by atoms with Crippen LogP contribution in [0.2, 0.25) is 0 Å². The van der Waals surface area contributed by atoms with Crippen LogP contribution in [0.3, 0.4) is 0 Å². The highest BCUT2D eigenvalue weighted by Crippen LogP contribution is 2.33. The lowest BCUT2D eigenvalue weighted by Crippen LogP contribution is -2.38. The molecule has 1 N–H and O–H groups in total. The van der Waals surface area contributed by atoms with E-state index in [4.69, 9.17) is 0 Å². The molecule has 2 atom stereocenters. The smallest absolute Gasteiger partial charge is 0.231 e. The number of carbonyl (C=O) groups excluding carboxylic acids is 2. The lowest BCUT2D eigenvalue weighted by Gasteiger charge is -2.24. The summed E-state index contributed by atoms with van der Waals surface area (Å²) in [6.45, 7) is 1.47. The van der Waals surface area contributed by atoms with Gasteiger partial charge in [0.25, 0.3) is 0 Å². The van der Waals surface area contributed by atoms with Gasteiger partial charge < -0.3 is 0 Å². The van der Waals surface area contributed by atoms with E-state index in [1.165, 1.54) is 11.1 Å². The fourth-order valence-electron chi connectivity index (χ4n) is 3.76. The van der Waals surface area contributed by atoms with E-state index in [1.54, 1.807) is 0 Å². The van der Waals surface area contributed by atoms with Gasteiger partial charge in [0.2, 0.25) is 11.8 Å². The molecule has 0 unspecified atom stereocenters. The Hall–Kier alpha value is -1.68. The van der Waals surface area contributed by atoms with Crippen molar-refractivity contribution < 1.29 is 9.59 Å². The van der Waals surface area contributed by atoms with Crippen LogP contribution in [-0.2, 0) is 22.4 Å². The number of amides is 2. The SMILES string of the molecule is O=C1NC(=O)[C@@H]2CN(C3Cc4ccccc4C3)C[C@H]12. The third kappa shape index (κ3) is 1.63. The van der Waals surface area contributed by atoms with Crippen molar-refractivity contribution in [2.75, 3.05) is 13.1 Å². The van der Waals surface area contributed by atoms with Crippen LogP contribution < -0.4 is 5.32 Å². The summed E-state index contributed by atoms with van der Waals surface area (Å²) in [6, 6.07) is 8.99. The van der Waals surface area contributed by atoms with Gasteiger partial charge in [0, 0.05) is 19.1 Å². The van der Waals surface area contributed by atoms with Gasteiger partial charge in [-0.05, 0) is 24.0 Å². The van der Waals surface area contributed by atoms with Crippen LogP contribution >= 0.6 is 0 Å². The Morgan fingerprint density at radius 1 is 0.947 bits per heavy atom. The quantitative estimate of drug-likeness (QED) is 0.738. The van der Waals surface area contributed by atoms with Gasteiger partial charge in [-0.15, -0.1) is 0 Å². The van der Waals surface area contributed by atoms with Gasteiger partial charge in [0.05, 0.1) is 11.8 Å². The largest absolute Gasteiger partial charge is 0.298 e. The molecule has 2 heterocycles. The van der Waals surface area contributed by atoms with Gasteiger partial charge in [-0.1, -0.05) is 24.3 Å². The first-order valence-corrected chi connectivity index (χ1v) is 6.88. The molecule has 0 radical (unpaired) electrons. The van der Waals surface area contributed by atoms with Crippen LogP contribution in [-0.4, -0.2) is 35.8 Å². The van der Waals surface area contributed by atoms with Crippen LogP contribution in [0.1, 0.15) is 11.1 Å². The summed E-state index contributed by atoms with van der Waals surface area (Å²) in [4.78, 5) is 25.7. The van der Waals surface area contributed by atoms with Crippen molar-refractivity contribution in [1.82, 2.24) is 10.2 Å². The normalized spacial score (nSPS) is 30.5. The van der Waals surface area contributed by atoms with E-state index in [9.17, 15) is 9.59 Å². The van der Waals surface area contributed by atoms with E-state index in [0.717, 1.165) is 25.9 Å². The Morgan fingerprint density at radius 3 is 2.00 bits per heavy atom. The molecule has 2 saturated heterocycles.